The molecule has 5 unspecified atom stereocenters. The highest BCUT2D eigenvalue weighted by molar-refractivity contribution is 6.03. The van der Waals surface area contributed by atoms with Crippen molar-refractivity contribution < 1.29 is 19.1 Å². The highest BCUT2D eigenvalue weighted by Crippen LogP contribution is 2.56. The number of nitrogens with one attached hydrogen (secondary N) is 2. The second-order valence-electron chi connectivity index (χ2n) is 13.0. The first-order valence-corrected chi connectivity index (χ1v) is 15.2. The average Bonchev–Trinajstić information content (AvgIpc) is 3.57. The smallest absolute Gasteiger partial charge is 0.246 e. The number of rotatable bonds is 6. The van der Waals surface area contributed by atoms with Crippen LogP contribution in [0.25, 0.3) is 0 Å². The molecule has 7 nitrogen and oxygen atoms in total. The van der Waals surface area contributed by atoms with Gasteiger partial charge >= 0.3 is 0 Å². The molecule has 3 heterocycles. The number of nitrogens with zero attached hydrogens (tertiary/aromatic N) is 1. The average molecular weight is 534 g/mol. The van der Waals surface area contributed by atoms with Crippen LogP contribution in [0.5, 0.6) is 0 Å². The molecule has 1 spiro atoms. The van der Waals surface area contributed by atoms with E-state index in [0.29, 0.717) is 17.5 Å². The Labute approximate surface area is 232 Å². The third-order valence-electron chi connectivity index (χ3n) is 10.0. The first-order chi connectivity index (χ1) is 18.8. The summed E-state index contributed by atoms with van der Waals surface area (Å²) in [7, 11) is 0. The van der Waals surface area contributed by atoms with Crippen LogP contribution >= 0.6 is 0 Å². The molecule has 5 aliphatic rings. The Balaban J connectivity index is 1.29. The van der Waals surface area contributed by atoms with E-state index in [9.17, 15) is 14.4 Å². The van der Waals surface area contributed by atoms with Gasteiger partial charge in [-0.3, -0.25) is 14.4 Å². The van der Waals surface area contributed by atoms with Crippen LogP contribution < -0.4 is 10.6 Å². The van der Waals surface area contributed by atoms with Gasteiger partial charge in [0.25, 0.3) is 0 Å². The van der Waals surface area contributed by atoms with E-state index in [4.69, 9.17) is 4.74 Å². The van der Waals surface area contributed by atoms with Gasteiger partial charge < -0.3 is 20.3 Å². The topological polar surface area (TPSA) is 87.7 Å². The molecule has 1 aromatic carbocycles. The number of carbonyl (C=O) groups excluding carboxylic acids is 3. The third kappa shape index (κ3) is 4.60. The van der Waals surface area contributed by atoms with Crippen molar-refractivity contribution in [1.29, 1.82) is 0 Å². The van der Waals surface area contributed by atoms with Crippen molar-refractivity contribution in [2.45, 2.75) is 114 Å². The molecule has 6 rings (SSSR count). The molecular weight excluding hydrogens is 490 g/mol. The summed E-state index contributed by atoms with van der Waals surface area (Å²) in [5.41, 5.74) is 0.821. The lowest BCUT2D eigenvalue weighted by Gasteiger charge is -2.40. The summed E-state index contributed by atoms with van der Waals surface area (Å²) < 4.78 is 6.55. The number of benzene rings is 1. The number of hydrogen-bond acceptors (Lipinski definition) is 4. The van der Waals surface area contributed by atoms with Crippen molar-refractivity contribution in [2.75, 3.05) is 5.32 Å². The third-order valence-corrected chi connectivity index (χ3v) is 10.0. The zero-order chi connectivity index (χ0) is 27.3. The van der Waals surface area contributed by atoms with E-state index in [-0.39, 0.29) is 29.8 Å². The van der Waals surface area contributed by atoms with Crippen LogP contribution in [0.2, 0.25) is 0 Å². The summed E-state index contributed by atoms with van der Waals surface area (Å²) in [6.07, 6.45) is 12.6. The standard InChI is InChI=1S/C32H43N3O4/c1-19(2)21-11-13-23(14-12-21)33-29(36)26-25-17-18-32(39-25)27(26)31(38)35(24-15-9-20(3)10-16-24)28(32)30(37)34-22-7-5-4-6-8-22/h11-14,17-20,22,24-28H,4-10,15-16H2,1-3H3,(H,33,36)(H,34,37). The number of ether oxygens (including phenoxy) is 1. The Morgan fingerprint density at radius 1 is 0.974 bits per heavy atom. The van der Waals surface area contributed by atoms with Crippen LogP contribution in [-0.4, -0.2) is 52.5 Å². The van der Waals surface area contributed by atoms with E-state index in [2.05, 4.69) is 31.4 Å². The monoisotopic (exact) mass is 533 g/mol. The minimum atomic E-state index is -1.09. The van der Waals surface area contributed by atoms with E-state index < -0.39 is 29.6 Å². The lowest BCUT2D eigenvalue weighted by atomic mass is 9.74. The molecule has 1 aromatic rings. The van der Waals surface area contributed by atoms with Gasteiger partial charge in [0.1, 0.15) is 11.6 Å². The summed E-state index contributed by atoms with van der Waals surface area (Å²) in [5.74, 6) is -0.757. The van der Waals surface area contributed by atoms with Crippen molar-refractivity contribution in [3.05, 3.63) is 42.0 Å². The molecule has 2 saturated carbocycles. The molecule has 3 aliphatic heterocycles. The number of fused-ring (bicyclic) bond motifs is 1. The van der Waals surface area contributed by atoms with Gasteiger partial charge in [-0.2, -0.15) is 0 Å². The fourth-order valence-electron chi connectivity index (χ4n) is 7.82. The van der Waals surface area contributed by atoms with Gasteiger partial charge in [0.05, 0.1) is 17.9 Å². The lowest BCUT2D eigenvalue weighted by molar-refractivity contribution is -0.145. The number of hydrogen-bond donors (Lipinski definition) is 2. The van der Waals surface area contributed by atoms with Crippen molar-refractivity contribution in [1.82, 2.24) is 10.2 Å². The quantitative estimate of drug-likeness (QED) is 0.508. The van der Waals surface area contributed by atoms with Gasteiger partial charge in [-0.15, -0.1) is 0 Å². The first-order valence-electron chi connectivity index (χ1n) is 15.2. The molecule has 4 fully saturated rings. The van der Waals surface area contributed by atoms with Gasteiger partial charge in [-0.1, -0.05) is 64.3 Å². The Bertz CT molecular complexity index is 1130. The molecular formula is C32H43N3O4. The Morgan fingerprint density at radius 2 is 1.67 bits per heavy atom. The van der Waals surface area contributed by atoms with Crippen LogP contribution in [0.1, 0.15) is 90.0 Å². The fourth-order valence-corrected chi connectivity index (χ4v) is 7.82. The van der Waals surface area contributed by atoms with Gasteiger partial charge in [0.2, 0.25) is 17.7 Å². The minimum Gasteiger partial charge on any atom is -0.359 e. The molecule has 2 saturated heterocycles. The highest BCUT2D eigenvalue weighted by Gasteiger charge is 2.73. The zero-order valence-corrected chi connectivity index (χ0v) is 23.5. The highest BCUT2D eigenvalue weighted by atomic mass is 16.5. The summed E-state index contributed by atoms with van der Waals surface area (Å²) in [4.78, 5) is 43.9. The number of amides is 3. The maximum Gasteiger partial charge on any atom is 0.246 e. The van der Waals surface area contributed by atoms with Crippen LogP contribution in [0.3, 0.4) is 0 Å². The first kappa shape index (κ1) is 26.5. The number of likely N-dealkylation sites (tertiary alicyclic amines) is 1. The second kappa shape index (κ2) is 10.4. The Kier molecular flexibility index (Phi) is 7.07. The molecule has 0 aromatic heterocycles. The van der Waals surface area contributed by atoms with Crippen molar-refractivity contribution in [3.8, 4) is 0 Å². The lowest BCUT2D eigenvalue weighted by Crippen LogP contribution is -2.58. The van der Waals surface area contributed by atoms with Crippen molar-refractivity contribution >= 4 is 23.4 Å². The maximum atomic E-state index is 14.3. The zero-order valence-electron chi connectivity index (χ0n) is 23.5. The van der Waals surface area contributed by atoms with Gasteiger partial charge in [0.15, 0.2) is 0 Å². The minimum absolute atomic E-state index is 0.000815. The van der Waals surface area contributed by atoms with E-state index >= 15 is 0 Å². The molecule has 39 heavy (non-hydrogen) atoms. The SMILES string of the molecule is CC1CCC(N2C(=O)C3C(C(=O)Nc4ccc(C(C)C)cc4)C4C=CC3(O4)C2C(=O)NC2CCCCC2)CC1. The fraction of sp³-hybridized carbons (Fsp3) is 0.656. The number of carbonyl (C=O) groups is 3. The number of anilines is 1. The largest absolute Gasteiger partial charge is 0.359 e. The van der Waals surface area contributed by atoms with E-state index in [1.807, 2.05) is 41.3 Å². The second-order valence-corrected chi connectivity index (χ2v) is 13.0. The van der Waals surface area contributed by atoms with Crippen LogP contribution in [0.15, 0.2) is 36.4 Å². The van der Waals surface area contributed by atoms with Crippen molar-refractivity contribution in [2.24, 2.45) is 17.8 Å². The maximum absolute atomic E-state index is 14.3. The molecule has 2 N–H and O–H groups in total. The van der Waals surface area contributed by atoms with Crippen LogP contribution in [0, 0.1) is 17.8 Å². The Morgan fingerprint density at radius 3 is 2.33 bits per heavy atom. The Hall–Kier alpha value is -2.67. The molecule has 3 amide bonds. The predicted octanol–water partition coefficient (Wildman–Crippen LogP) is 4.93. The van der Waals surface area contributed by atoms with Crippen molar-refractivity contribution in [3.63, 3.8) is 0 Å². The predicted molar refractivity (Wildman–Crippen MR) is 150 cm³/mol. The van der Waals surface area contributed by atoms with E-state index in [1.165, 1.54) is 12.0 Å². The normalized spacial score (nSPS) is 35.9. The molecule has 2 bridgehead atoms. The van der Waals surface area contributed by atoms with E-state index in [0.717, 1.165) is 51.4 Å². The molecule has 7 heteroatoms. The molecule has 2 aliphatic carbocycles. The summed E-state index contributed by atoms with van der Waals surface area (Å²) in [6.45, 7) is 6.53. The molecule has 5 atom stereocenters. The molecule has 210 valence electrons. The van der Waals surface area contributed by atoms with Gasteiger partial charge in [-0.05, 0) is 68.1 Å². The summed E-state index contributed by atoms with van der Waals surface area (Å²) >= 11 is 0. The van der Waals surface area contributed by atoms with Gasteiger partial charge in [0, 0.05) is 17.8 Å². The molecule has 0 radical (unpaired) electrons. The van der Waals surface area contributed by atoms with Crippen LogP contribution in [0.4, 0.5) is 5.69 Å². The van der Waals surface area contributed by atoms with Crippen LogP contribution in [-0.2, 0) is 19.1 Å². The van der Waals surface area contributed by atoms with Gasteiger partial charge in [-0.25, -0.2) is 0 Å². The summed E-state index contributed by atoms with van der Waals surface area (Å²) in [5, 5.41) is 6.35. The van der Waals surface area contributed by atoms with E-state index in [1.54, 1.807) is 0 Å². The summed E-state index contributed by atoms with van der Waals surface area (Å²) in [6, 6.07) is 7.28.